The fourth-order valence-electron chi connectivity index (χ4n) is 1.07. The van der Waals surface area contributed by atoms with Crippen molar-refractivity contribution in [3.05, 3.63) is 24.3 Å². The summed E-state index contributed by atoms with van der Waals surface area (Å²) >= 11 is 1.82. The second-order valence-electron chi connectivity index (χ2n) is 3.21. The molecule has 62 valence electrons. The van der Waals surface area contributed by atoms with Gasteiger partial charge in [0.15, 0.2) is 0 Å². The van der Waals surface area contributed by atoms with Crippen molar-refractivity contribution in [1.82, 2.24) is 5.32 Å². The van der Waals surface area contributed by atoms with Crippen LogP contribution in [-0.4, -0.2) is 30.6 Å². The van der Waals surface area contributed by atoms with Gasteiger partial charge in [0.05, 0.1) is 20.6 Å². The zero-order valence-corrected chi connectivity index (χ0v) is 7.90. The van der Waals surface area contributed by atoms with Crippen molar-refractivity contribution >= 4 is 11.8 Å². The van der Waals surface area contributed by atoms with Gasteiger partial charge in [0.1, 0.15) is 0 Å². The van der Waals surface area contributed by atoms with Crippen molar-refractivity contribution in [1.29, 1.82) is 0 Å². The molecule has 1 rings (SSSR count). The third-order valence-electron chi connectivity index (χ3n) is 1.75. The molecule has 0 amide bonds. The van der Waals surface area contributed by atoms with Gasteiger partial charge in [0, 0.05) is 6.20 Å². The molecule has 1 atom stereocenters. The molecule has 1 aliphatic heterocycles. The third-order valence-corrected chi connectivity index (χ3v) is 3.01. The molecule has 0 bridgehead atoms. The number of likely N-dealkylation sites (N-methyl/N-ethyl adjacent to an activating group) is 1. The Kier molecular flexibility index (Phi) is 2.62. The molecule has 1 aliphatic rings. The van der Waals surface area contributed by atoms with Crippen molar-refractivity contribution in [2.75, 3.05) is 20.6 Å². The number of nitrogens with one attached hydrogen (secondary N) is 1. The summed E-state index contributed by atoms with van der Waals surface area (Å²) in [6, 6.07) is 0. The van der Waals surface area contributed by atoms with Crippen LogP contribution in [0.3, 0.4) is 0 Å². The van der Waals surface area contributed by atoms with Crippen LogP contribution in [0, 0.1) is 0 Å². The molecule has 0 saturated heterocycles. The average Bonchev–Trinajstić information content (AvgIpc) is 2.37. The molecule has 1 N–H and O–H groups in total. The molecule has 0 aromatic carbocycles. The predicted molar refractivity (Wildman–Crippen MR) is 50.8 cm³/mol. The maximum absolute atomic E-state index is 3.74. The highest BCUT2D eigenvalue weighted by Gasteiger charge is 2.27. The Morgan fingerprint density at radius 1 is 1.73 bits per heavy atom. The molecular formula is C8H15N2S+. The van der Waals surface area contributed by atoms with Crippen molar-refractivity contribution < 1.29 is 4.48 Å². The predicted octanol–water partition coefficient (Wildman–Crippen LogP) is 1.34. The van der Waals surface area contributed by atoms with Gasteiger partial charge in [-0.15, -0.1) is 0 Å². The lowest BCUT2D eigenvalue weighted by molar-refractivity contribution is -0.896. The zero-order chi connectivity index (χ0) is 8.32. The highest BCUT2D eigenvalue weighted by molar-refractivity contribution is 8.02. The first-order valence-corrected chi connectivity index (χ1v) is 4.61. The van der Waals surface area contributed by atoms with Crippen LogP contribution in [0.1, 0.15) is 0 Å². The van der Waals surface area contributed by atoms with Crippen LogP contribution < -0.4 is 5.32 Å². The molecule has 1 heterocycles. The maximum atomic E-state index is 3.74. The molecule has 11 heavy (non-hydrogen) atoms. The van der Waals surface area contributed by atoms with Gasteiger partial charge < -0.3 is 5.32 Å². The van der Waals surface area contributed by atoms with Crippen LogP contribution in [-0.2, 0) is 0 Å². The van der Waals surface area contributed by atoms with Crippen LogP contribution in [0.15, 0.2) is 24.3 Å². The highest BCUT2D eigenvalue weighted by atomic mass is 32.2. The van der Waals surface area contributed by atoms with Gasteiger partial charge in [-0.3, -0.25) is 4.48 Å². The fourth-order valence-corrected chi connectivity index (χ4v) is 1.95. The lowest BCUT2D eigenvalue weighted by atomic mass is 10.5. The first-order valence-electron chi connectivity index (χ1n) is 3.67. The lowest BCUT2D eigenvalue weighted by Crippen LogP contribution is -2.51. The van der Waals surface area contributed by atoms with Crippen LogP contribution in [0.25, 0.3) is 0 Å². The fraction of sp³-hybridized carbons (Fsp3) is 0.500. The van der Waals surface area contributed by atoms with E-state index in [4.69, 9.17) is 0 Å². The largest absolute Gasteiger partial charge is 0.333 e. The normalized spacial score (nSPS) is 23.3. The van der Waals surface area contributed by atoms with Crippen LogP contribution >= 0.6 is 11.8 Å². The van der Waals surface area contributed by atoms with Gasteiger partial charge in [0.25, 0.3) is 0 Å². The second kappa shape index (κ2) is 3.32. The Labute approximate surface area is 72.6 Å². The Balaban J connectivity index is 2.49. The summed E-state index contributed by atoms with van der Waals surface area (Å²) < 4.78 is 0.932. The number of thioether (sulfide) groups is 1. The molecule has 0 fully saturated rings. The van der Waals surface area contributed by atoms with Crippen molar-refractivity contribution in [2.24, 2.45) is 0 Å². The van der Waals surface area contributed by atoms with E-state index in [0.29, 0.717) is 5.50 Å². The summed E-state index contributed by atoms with van der Waals surface area (Å²) in [7, 11) is 4.39. The maximum Gasteiger partial charge on any atom is 0.214 e. The topological polar surface area (TPSA) is 12.0 Å². The minimum Gasteiger partial charge on any atom is -0.333 e. The standard InChI is InChI=1S/C8H15N2S/c1-4-6-10(2,3)8-9-5-7-11-8/h4-5,7-9H,1,6H2,2-3H3/q+1. The number of hydrogen-bond acceptors (Lipinski definition) is 2. The first kappa shape index (κ1) is 8.68. The summed E-state index contributed by atoms with van der Waals surface area (Å²) in [6.45, 7) is 4.74. The molecule has 0 aliphatic carbocycles. The molecule has 1 unspecified atom stereocenters. The van der Waals surface area contributed by atoms with Gasteiger partial charge in [-0.2, -0.15) is 0 Å². The van der Waals surface area contributed by atoms with Crippen LogP contribution in [0.2, 0.25) is 0 Å². The van der Waals surface area contributed by atoms with Gasteiger partial charge >= 0.3 is 0 Å². The number of nitrogens with zero attached hydrogens (tertiary/aromatic N) is 1. The molecular weight excluding hydrogens is 156 g/mol. The van der Waals surface area contributed by atoms with E-state index in [2.05, 4.69) is 31.4 Å². The van der Waals surface area contributed by atoms with E-state index in [1.54, 1.807) is 0 Å². The second-order valence-corrected chi connectivity index (χ2v) is 4.20. The summed E-state index contributed by atoms with van der Waals surface area (Å²) in [5, 5.41) is 5.38. The van der Waals surface area contributed by atoms with Gasteiger partial charge in [-0.05, 0) is 23.2 Å². The number of quaternary nitrogens is 1. The SMILES string of the molecule is C=CC[N+](C)(C)C1NC=CS1. The number of hydrogen-bond donors (Lipinski definition) is 1. The van der Waals surface area contributed by atoms with Gasteiger partial charge in [0.2, 0.25) is 5.50 Å². The van der Waals surface area contributed by atoms with E-state index in [9.17, 15) is 0 Å². The summed E-state index contributed by atoms with van der Waals surface area (Å²) in [6.07, 6.45) is 3.96. The Morgan fingerprint density at radius 2 is 2.45 bits per heavy atom. The minimum atomic E-state index is 0.452. The Morgan fingerprint density at radius 3 is 2.91 bits per heavy atom. The molecule has 3 heteroatoms. The highest BCUT2D eigenvalue weighted by Crippen LogP contribution is 2.22. The van der Waals surface area contributed by atoms with Crippen LogP contribution in [0.4, 0.5) is 0 Å². The molecule has 2 nitrogen and oxygen atoms in total. The number of rotatable bonds is 3. The van der Waals surface area contributed by atoms with Crippen LogP contribution in [0.5, 0.6) is 0 Å². The van der Waals surface area contributed by atoms with E-state index >= 15 is 0 Å². The van der Waals surface area contributed by atoms with E-state index in [1.807, 2.05) is 24.0 Å². The van der Waals surface area contributed by atoms with E-state index in [1.165, 1.54) is 0 Å². The molecule has 0 aromatic heterocycles. The molecule has 0 aromatic rings. The third kappa shape index (κ3) is 2.01. The molecule has 0 radical (unpaired) electrons. The minimum absolute atomic E-state index is 0.452. The summed E-state index contributed by atoms with van der Waals surface area (Å²) in [4.78, 5) is 0. The van der Waals surface area contributed by atoms with Crippen molar-refractivity contribution in [3.8, 4) is 0 Å². The smallest absolute Gasteiger partial charge is 0.214 e. The quantitative estimate of drug-likeness (QED) is 0.508. The summed E-state index contributed by atoms with van der Waals surface area (Å²) in [5.41, 5.74) is 0.452. The van der Waals surface area contributed by atoms with E-state index in [-0.39, 0.29) is 0 Å². The zero-order valence-electron chi connectivity index (χ0n) is 7.08. The average molecular weight is 171 g/mol. The van der Waals surface area contributed by atoms with Crippen molar-refractivity contribution in [3.63, 3.8) is 0 Å². The summed E-state index contributed by atoms with van der Waals surface area (Å²) in [5.74, 6) is 0. The Hall–Kier alpha value is -0.410. The van der Waals surface area contributed by atoms with Gasteiger partial charge in [-0.1, -0.05) is 6.58 Å². The monoisotopic (exact) mass is 171 g/mol. The Bertz CT molecular complexity index is 167. The first-order chi connectivity index (χ1) is 5.17. The molecule has 0 saturated carbocycles. The van der Waals surface area contributed by atoms with E-state index < -0.39 is 0 Å². The molecule has 0 spiro atoms. The van der Waals surface area contributed by atoms with E-state index in [0.717, 1.165) is 11.0 Å². The van der Waals surface area contributed by atoms with Gasteiger partial charge in [-0.25, -0.2) is 0 Å². The lowest BCUT2D eigenvalue weighted by Gasteiger charge is -2.33. The van der Waals surface area contributed by atoms with Crippen molar-refractivity contribution in [2.45, 2.75) is 5.50 Å².